The first-order valence-corrected chi connectivity index (χ1v) is 7.55. The van der Waals surface area contributed by atoms with Crippen LogP contribution in [-0.2, 0) is 11.2 Å². The van der Waals surface area contributed by atoms with E-state index in [2.05, 4.69) is 22.3 Å². The molecule has 112 valence electrons. The number of rotatable bonds is 6. The van der Waals surface area contributed by atoms with Crippen molar-refractivity contribution in [3.05, 3.63) is 17.0 Å². The van der Waals surface area contributed by atoms with Gasteiger partial charge < -0.3 is 14.7 Å². The summed E-state index contributed by atoms with van der Waals surface area (Å²) in [7, 11) is 0. The van der Waals surface area contributed by atoms with Gasteiger partial charge in [-0.15, -0.1) is 0 Å². The van der Waals surface area contributed by atoms with Crippen molar-refractivity contribution in [1.82, 2.24) is 15.4 Å². The van der Waals surface area contributed by atoms with E-state index < -0.39 is 0 Å². The van der Waals surface area contributed by atoms with E-state index in [9.17, 15) is 4.79 Å². The van der Waals surface area contributed by atoms with Crippen molar-refractivity contribution in [3.8, 4) is 0 Å². The fraction of sp³-hybridized carbons (Fsp3) is 0.733. The molecule has 5 nitrogen and oxygen atoms in total. The van der Waals surface area contributed by atoms with E-state index in [0.29, 0.717) is 12.5 Å². The number of carbonyl (C=O) groups is 1. The lowest BCUT2D eigenvalue weighted by Gasteiger charge is -2.28. The van der Waals surface area contributed by atoms with Gasteiger partial charge in [0.2, 0.25) is 5.91 Å². The van der Waals surface area contributed by atoms with E-state index in [4.69, 9.17) is 4.52 Å². The minimum Gasteiger partial charge on any atom is -0.361 e. The Bertz CT molecular complexity index is 430. The van der Waals surface area contributed by atoms with Gasteiger partial charge in [0.15, 0.2) is 0 Å². The topological polar surface area (TPSA) is 58.4 Å². The minimum atomic E-state index is 0.251. The number of hydrogen-bond donors (Lipinski definition) is 1. The van der Waals surface area contributed by atoms with Crippen molar-refractivity contribution in [3.63, 3.8) is 0 Å². The van der Waals surface area contributed by atoms with Crippen LogP contribution in [0.4, 0.5) is 0 Å². The fourth-order valence-electron chi connectivity index (χ4n) is 2.89. The molecule has 1 fully saturated rings. The summed E-state index contributed by atoms with van der Waals surface area (Å²) in [4.78, 5) is 14.5. The predicted molar refractivity (Wildman–Crippen MR) is 77.6 cm³/mol. The standard InChI is InChI=1S/C15H25N3O2/c1-4-9-18(13-7-8-16-10-13)15(19)6-5-14-11(2)17-20-12(14)3/h13,16H,4-10H2,1-3H3. The Morgan fingerprint density at radius 2 is 2.30 bits per heavy atom. The SMILES string of the molecule is CCCN(C(=O)CCc1c(C)noc1C)C1CCNC1. The zero-order valence-electron chi connectivity index (χ0n) is 12.7. The molecule has 20 heavy (non-hydrogen) atoms. The number of aryl methyl sites for hydroxylation is 2. The highest BCUT2D eigenvalue weighted by atomic mass is 16.5. The van der Waals surface area contributed by atoms with Crippen LogP contribution in [0.15, 0.2) is 4.52 Å². The van der Waals surface area contributed by atoms with Gasteiger partial charge in [0.05, 0.1) is 5.69 Å². The van der Waals surface area contributed by atoms with Crippen molar-refractivity contribution in [1.29, 1.82) is 0 Å². The molecule has 1 atom stereocenters. The van der Waals surface area contributed by atoms with Crippen molar-refractivity contribution < 1.29 is 9.32 Å². The van der Waals surface area contributed by atoms with Crippen LogP contribution in [0.5, 0.6) is 0 Å². The molecule has 1 aromatic rings. The third-order valence-electron chi connectivity index (χ3n) is 4.03. The van der Waals surface area contributed by atoms with E-state index in [1.807, 2.05) is 13.8 Å². The maximum Gasteiger partial charge on any atom is 0.223 e. The Kier molecular flexibility index (Phi) is 5.17. The molecule has 0 spiro atoms. The summed E-state index contributed by atoms with van der Waals surface area (Å²) in [6, 6.07) is 0.368. The second-order valence-electron chi connectivity index (χ2n) is 5.54. The van der Waals surface area contributed by atoms with Crippen LogP contribution in [0.3, 0.4) is 0 Å². The summed E-state index contributed by atoms with van der Waals surface area (Å²) in [5.41, 5.74) is 1.99. The molecule has 1 aliphatic rings. The van der Waals surface area contributed by atoms with E-state index in [-0.39, 0.29) is 5.91 Å². The van der Waals surface area contributed by atoms with Crippen LogP contribution < -0.4 is 5.32 Å². The summed E-state index contributed by atoms with van der Waals surface area (Å²) in [6.45, 7) is 8.76. The molecule has 2 rings (SSSR count). The van der Waals surface area contributed by atoms with Crippen LogP contribution in [0.25, 0.3) is 0 Å². The smallest absolute Gasteiger partial charge is 0.223 e. The molecule has 5 heteroatoms. The molecule has 0 saturated carbocycles. The Balaban J connectivity index is 1.94. The number of amides is 1. The number of carbonyl (C=O) groups excluding carboxylic acids is 1. The second kappa shape index (κ2) is 6.88. The lowest BCUT2D eigenvalue weighted by atomic mass is 10.1. The number of aromatic nitrogens is 1. The van der Waals surface area contributed by atoms with Crippen LogP contribution in [0.2, 0.25) is 0 Å². The minimum absolute atomic E-state index is 0.251. The highest BCUT2D eigenvalue weighted by Crippen LogP contribution is 2.17. The average molecular weight is 279 g/mol. The second-order valence-corrected chi connectivity index (χ2v) is 5.54. The largest absolute Gasteiger partial charge is 0.361 e. The summed E-state index contributed by atoms with van der Waals surface area (Å²) < 4.78 is 5.15. The Morgan fingerprint density at radius 3 is 2.85 bits per heavy atom. The first-order valence-electron chi connectivity index (χ1n) is 7.55. The van der Waals surface area contributed by atoms with Gasteiger partial charge in [-0.1, -0.05) is 12.1 Å². The predicted octanol–water partition coefficient (Wildman–Crippen LogP) is 1.82. The first kappa shape index (κ1) is 15.0. The van der Waals surface area contributed by atoms with Gasteiger partial charge in [0.25, 0.3) is 0 Å². The van der Waals surface area contributed by atoms with E-state index in [1.54, 1.807) is 0 Å². The molecular weight excluding hydrogens is 254 g/mol. The summed E-state index contributed by atoms with van der Waals surface area (Å²) in [6.07, 6.45) is 3.34. The molecule has 1 aromatic heterocycles. The van der Waals surface area contributed by atoms with E-state index in [1.165, 1.54) is 0 Å². The van der Waals surface area contributed by atoms with Crippen LogP contribution in [0.1, 0.15) is 43.2 Å². The van der Waals surface area contributed by atoms with E-state index in [0.717, 1.165) is 55.9 Å². The van der Waals surface area contributed by atoms with Gasteiger partial charge in [-0.2, -0.15) is 0 Å². The fourth-order valence-corrected chi connectivity index (χ4v) is 2.89. The Morgan fingerprint density at radius 1 is 1.50 bits per heavy atom. The summed E-state index contributed by atoms with van der Waals surface area (Å²) >= 11 is 0. The van der Waals surface area contributed by atoms with Gasteiger partial charge in [0, 0.05) is 31.1 Å². The molecule has 1 unspecified atom stereocenters. The summed E-state index contributed by atoms with van der Waals surface area (Å²) in [5, 5.41) is 7.28. The van der Waals surface area contributed by atoms with Gasteiger partial charge >= 0.3 is 0 Å². The van der Waals surface area contributed by atoms with Crippen molar-refractivity contribution in [2.24, 2.45) is 0 Å². The third kappa shape index (κ3) is 3.39. The lowest BCUT2D eigenvalue weighted by molar-refractivity contribution is -0.133. The van der Waals surface area contributed by atoms with Crippen molar-refractivity contribution in [2.75, 3.05) is 19.6 Å². The highest BCUT2D eigenvalue weighted by molar-refractivity contribution is 5.77. The van der Waals surface area contributed by atoms with Gasteiger partial charge in [-0.3, -0.25) is 4.79 Å². The van der Waals surface area contributed by atoms with E-state index >= 15 is 0 Å². The quantitative estimate of drug-likeness (QED) is 0.863. The molecule has 1 aliphatic heterocycles. The molecule has 0 aliphatic carbocycles. The number of nitrogens with one attached hydrogen (secondary N) is 1. The highest BCUT2D eigenvalue weighted by Gasteiger charge is 2.25. The molecule has 2 heterocycles. The van der Waals surface area contributed by atoms with Gasteiger partial charge in [0.1, 0.15) is 5.76 Å². The van der Waals surface area contributed by atoms with Gasteiger partial charge in [-0.05, 0) is 39.7 Å². The van der Waals surface area contributed by atoms with Crippen molar-refractivity contribution in [2.45, 2.75) is 52.5 Å². The maximum absolute atomic E-state index is 12.5. The molecule has 0 bridgehead atoms. The Labute approximate surface area is 120 Å². The molecular formula is C15H25N3O2. The van der Waals surface area contributed by atoms with Crippen LogP contribution in [0, 0.1) is 13.8 Å². The monoisotopic (exact) mass is 279 g/mol. The van der Waals surface area contributed by atoms with Crippen LogP contribution in [-0.4, -0.2) is 41.6 Å². The van der Waals surface area contributed by atoms with Crippen molar-refractivity contribution >= 4 is 5.91 Å². The van der Waals surface area contributed by atoms with Crippen LogP contribution >= 0.6 is 0 Å². The molecule has 1 amide bonds. The normalized spacial score (nSPS) is 18.4. The Hall–Kier alpha value is -1.36. The maximum atomic E-state index is 12.5. The average Bonchev–Trinajstić information content (AvgIpc) is 3.05. The molecule has 1 N–H and O–H groups in total. The number of nitrogens with zero attached hydrogens (tertiary/aromatic N) is 2. The van der Waals surface area contributed by atoms with Gasteiger partial charge in [-0.25, -0.2) is 0 Å². The number of hydrogen-bond acceptors (Lipinski definition) is 4. The third-order valence-corrected chi connectivity index (χ3v) is 4.03. The lowest BCUT2D eigenvalue weighted by Crippen LogP contribution is -2.42. The molecule has 0 radical (unpaired) electrons. The zero-order chi connectivity index (χ0) is 14.5. The molecule has 1 saturated heterocycles. The summed E-state index contributed by atoms with van der Waals surface area (Å²) in [5.74, 6) is 1.08. The zero-order valence-corrected chi connectivity index (χ0v) is 12.7. The first-order chi connectivity index (χ1) is 9.63. The molecule has 0 aromatic carbocycles.